The molecule has 0 saturated carbocycles. The first-order valence-electron chi connectivity index (χ1n) is 12.5. The highest BCUT2D eigenvalue weighted by Gasteiger charge is 2.12. The summed E-state index contributed by atoms with van der Waals surface area (Å²) in [5.41, 5.74) is 3.42. The van der Waals surface area contributed by atoms with Gasteiger partial charge in [-0.05, 0) is 65.4 Å². The number of imidazole rings is 1. The molecule has 0 spiro atoms. The molecule has 5 aromatic rings. The topological polar surface area (TPSA) is 36.3 Å². The molecule has 1 heterocycles. The van der Waals surface area contributed by atoms with Gasteiger partial charge in [-0.25, -0.2) is 4.98 Å². The van der Waals surface area contributed by atoms with E-state index in [1.165, 1.54) is 16.3 Å². The third kappa shape index (κ3) is 5.32. The van der Waals surface area contributed by atoms with Gasteiger partial charge in [0.05, 0.1) is 17.6 Å². The van der Waals surface area contributed by atoms with Gasteiger partial charge < -0.3 is 14.0 Å². The Kier molecular flexibility index (Phi) is 6.99. The number of rotatable bonds is 10. The third-order valence-electron chi connectivity index (χ3n) is 6.40. The number of hydrogen-bond donors (Lipinski definition) is 0. The maximum atomic E-state index is 6.18. The summed E-state index contributed by atoms with van der Waals surface area (Å²) in [6, 6.07) is 31.2. The van der Waals surface area contributed by atoms with E-state index in [2.05, 4.69) is 91.2 Å². The monoisotopic (exact) mass is 464 g/mol. The second kappa shape index (κ2) is 10.6. The van der Waals surface area contributed by atoms with Gasteiger partial charge in [0.25, 0.3) is 0 Å². The summed E-state index contributed by atoms with van der Waals surface area (Å²) in [4.78, 5) is 4.87. The fourth-order valence-corrected chi connectivity index (χ4v) is 4.53. The maximum absolute atomic E-state index is 6.18. The van der Waals surface area contributed by atoms with Crippen molar-refractivity contribution in [3.8, 4) is 11.5 Å². The molecule has 0 atom stereocenters. The fourth-order valence-electron chi connectivity index (χ4n) is 4.53. The van der Waals surface area contributed by atoms with Crippen LogP contribution in [-0.4, -0.2) is 16.2 Å². The Morgan fingerprint density at radius 3 is 2.43 bits per heavy atom. The number of fused-ring (bicyclic) bond motifs is 2. The summed E-state index contributed by atoms with van der Waals surface area (Å²) in [5.74, 6) is 3.26. The zero-order chi connectivity index (χ0) is 24.0. The molecule has 0 aliphatic heterocycles. The minimum absolute atomic E-state index is 0.436. The maximum Gasteiger partial charge on any atom is 0.147 e. The van der Waals surface area contributed by atoms with E-state index in [0.717, 1.165) is 47.7 Å². The molecule has 4 nitrogen and oxygen atoms in total. The predicted molar refractivity (Wildman–Crippen MR) is 143 cm³/mol. The van der Waals surface area contributed by atoms with Gasteiger partial charge in [-0.3, -0.25) is 0 Å². The van der Waals surface area contributed by atoms with Gasteiger partial charge in [-0.2, -0.15) is 0 Å². The van der Waals surface area contributed by atoms with Crippen molar-refractivity contribution >= 4 is 21.8 Å². The Morgan fingerprint density at radius 1 is 0.771 bits per heavy atom. The van der Waals surface area contributed by atoms with Gasteiger partial charge >= 0.3 is 0 Å². The normalized spacial score (nSPS) is 11.4. The highest BCUT2D eigenvalue weighted by Crippen LogP contribution is 2.26. The molecule has 0 radical (unpaired) electrons. The Bertz CT molecular complexity index is 1420. The number of benzene rings is 4. The molecule has 0 amide bonds. The zero-order valence-electron chi connectivity index (χ0n) is 20.5. The van der Waals surface area contributed by atoms with Crippen LogP contribution in [0.25, 0.3) is 21.8 Å². The van der Waals surface area contributed by atoms with Gasteiger partial charge in [-0.1, -0.05) is 74.5 Å². The first kappa shape index (κ1) is 23.0. The van der Waals surface area contributed by atoms with E-state index in [1.54, 1.807) is 0 Å². The molecule has 4 heteroatoms. The summed E-state index contributed by atoms with van der Waals surface area (Å²) in [6.45, 7) is 6.43. The van der Waals surface area contributed by atoms with Crippen LogP contribution in [0.2, 0.25) is 0 Å². The van der Waals surface area contributed by atoms with Crippen LogP contribution in [0.5, 0.6) is 11.5 Å². The molecule has 0 saturated heterocycles. The Balaban J connectivity index is 1.24. The quantitative estimate of drug-likeness (QED) is 0.198. The molecule has 0 bridgehead atoms. The van der Waals surface area contributed by atoms with Crippen molar-refractivity contribution in [2.24, 2.45) is 0 Å². The Morgan fingerprint density at radius 2 is 1.54 bits per heavy atom. The van der Waals surface area contributed by atoms with Crippen molar-refractivity contribution in [3.05, 3.63) is 102 Å². The van der Waals surface area contributed by atoms with Gasteiger partial charge in [0.2, 0.25) is 0 Å². The number of ether oxygens (including phenoxy) is 2. The highest BCUT2D eigenvalue weighted by atomic mass is 16.5. The fraction of sp³-hybridized carbons (Fsp3) is 0.258. The predicted octanol–water partition coefficient (Wildman–Crippen LogP) is 7.75. The Labute approximate surface area is 207 Å². The first-order valence-corrected chi connectivity index (χ1v) is 12.5. The number of para-hydroxylation sites is 3. The summed E-state index contributed by atoms with van der Waals surface area (Å²) >= 11 is 0. The molecule has 178 valence electrons. The van der Waals surface area contributed by atoms with E-state index in [1.807, 2.05) is 18.2 Å². The van der Waals surface area contributed by atoms with Crippen molar-refractivity contribution in [2.45, 2.75) is 45.8 Å². The summed E-state index contributed by atoms with van der Waals surface area (Å²) in [7, 11) is 0. The summed E-state index contributed by atoms with van der Waals surface area (Å²) in [5, 5.41) is 2.39. The van der Waals surface area contributed by atoms with Crippen molar-refractivity contribution in [2.75, 3.05) is 6.61 Å². The largest absolute Gasteiger partial charge is 0.493 e. The van der Waals surface area contributed by atoms with Crippen LogP contribution < -0.4 is 9.47 Å². The highest BCUT2D eigenvalue weighted by molar-refractivity contribution is 5.83. The lowest BCUT2D eigenvalue weighted by atomic mass is 10.0. The van der Waals surface area contributed by atoms with Crippen LogP contribution in [-0.2, 0) is 13.2 Å². The van der Waals surface area contributed by atoms with Crippen LogP contribution >= 0.6 is 0 Å². The second-order valence-corrected chi connectivity index (χ2v) is 9.21. The average Bonchev–Trinajstić information content (AvgIpc) is 3.24. The van der Waals surface area contributed by atoms with Crippen LogP contribution in [0.15, 0.2) is 91.0 Å². The van der Waals surface area contributed by atoms with E-state index in [0.29, 0.717) is 19.1 Å². The van der Waals surface area contributed by atoms with Crippen LogP contribution in [0.1, 0.15) is 44.0 Å². The molecule has 5 rings (SSSR count). The van der Waals surface area contributed by atoms with Gasteiger partial charge in [0.15, 0.2) is 0 Å². The number of aryl methyl sites for hydroxylation is 1. The van der Waals surface area contributed by atoms with Crippen molar-refractivity contribution in [3.63, 3.8) is 0 Å². The minimum atomic E-state index is 0.436. The molecule has 4 aromatic carbocycles. The van der Waals surface area contributed by atoms with E-state index < -0.39 is 0 Å². The SMILES string of the molecule is CC(C)c1ccccc1OCCCCn1c(COc2ccc3ccccc3c2)nc2ccccc21. The van der Waals surface area contributed by atoms with Crippen molar-refractivity contribution in [1.29, 1.82) is 0 Å². The van der Waals surface area contributed by atoms with E-state index in [9.17, 15) is 0 Å². The van der Waals surface area contributed by atoms with E-state index in [-0.39, 0.29) is 0 Å². The number of nitrogens with zero attached hydrogens (tertiary/aromatic N) is 2. The van der Waals surface area contributed by atoms with Crippen molar-refractivity contribution in [1.82, 2.24) is 9.55 Å². The molecule has 0 unspecified atom stereocenters. The number of unbranched alkanes of at least 4 members (excludes halogenated alkanes) is 1. The smallest absolute Gasteiger partial charge is 0.147 e. The lowest BCUT2D eigenvalue weighted by Crippen LogP contribution is -2.09. The molecular weight excluding hydrogens is 432 g/mol. The standard InChI is InChI=1S/C31H32N2O2/c1-23(2)27-13-5-8-16-30(27)34-20-10-9-19-33-29-15-7-6-14-28(29)32-31(33)22-35-26-18-17-24-11-3-4-12-25(24)21-26/h3-8,11-18,21,23H,9-10,19-20,22H2,1-2H3. The molecule has 0 aliphatic carbocycles. The summed E-state index contributed by atoms with van der Waals surface area (Å²) in [6.07, 6.45) is 1.98. The molecular formula is C31H32N2O2. The molecule has 0 N–H and O–H groups in total. The van der Waals surface area contributed by atoms with Crippen molar-refractivity contribution < 1.29 is 9.47 Å². The molecule has 0 aliphatic rings. The van der Waals surface area contributed by atoms with Crippen LogP contribution in [0.3, 0.4) is 0 Å². The van der Waals surface area contributed by atoms with Gasteiger partial charge in [0.1, 0.15) is 23.9 Å². The second-order valence-electron chi connectivity index (χ2n) is 9.21. The first-order chi connectivity index (χ1) is 17.2. The average molecular weight is 465 g/mol. The number of hydrogen-bond acceptors (Lipinski definition) is 3. The summed E-state index contributed by atoms with van der Waals surface area (Å²) < 4.78 is 14.6. The molecule has 1 aromatic heterocycles. The minimum Gasteiger partial charge on any atom is -0.493 e. The van der Waals surface area contributed by atoms with Crippen LogP contribution in [0, 0.1) is 0 Å². The number of aromatic nitrogens is 2. The Hall–Kier alpha value is -3.79. The zero-order valence-corrected chi connectivity index (χ0v) is 20.5. The lowest BCUT2D eigenvalue weighted by molar-refractivity contribution is 0.284. The van der Waals surface area contributed by atoms with Gasteiger partial charge in [-0.15, -0.1) is 0 Å². The molecule has 0 fully saturated rings. The lowest BCUT2D eigenvalue weighted by Gasteiger charge is -2.14. The van der Waals surface area contributed by atoms with Gasteiger partial charge in [0, 0.05) is 6.54 Å². The third-order valence-corrected chi connectivity index (χ3v) is 6.40. The van der Waals surface area contributed by atoms with E-state index >= 15 is 0 Å². The molecule has 35 heavy (non-hydrogen) atoms. The van der Waals surface area contributed by atoms with Crippen LogP contribution in [0.4, 0.5) is 0 Å². The van der Waals surface area contributed by atoms with E-state index in [4.69, 9.17) is 14.5 Å².